The number of ether oxygens (including phenoxy) is 1. The molecule has 0 aliphatic heterocycles. The van der Waals surface area contributed by atoms with Crippen LogP contribution in [0.2, 0.25) is 5.02 Å². The third-order valence-electron chi connectivity index (χ3n) is 3.21. The molecule has 0 spiro atoms. The number of nitrogens with one attached hydrogen (secondary N) is 1. The Morgan fingerprint density at radius 1 is 1.33 bits per heavy atom. The Kier molecular flexibility index (Phi) is 6.46. The van der Waals surface area contributed by atoms with Crippen molar-refractivity contribution in [2.75, 3.05) is 20.3 Å². The summed E-state index contributed by atoms with van der Waals surface area (Å²) in [5, 5.41) is 12.4. The number of aliphatic hydroxyl groups is 1. The molecule has 1 aromatic carbocycles. The van der Waals surface area contributed by atoms with E-state index in [1.165, 1.54) is 13.2 Å². The van der Waals surface area contributed by atoms with E-state index in [4.69, 9.17) is 21.4 Å². The van der Waals surface area contributed by atoms with E-state index in [1.807, 2.05) is 6.92 Å². The first-order valence-corrected chi connectivity index (χ1v) is 6.80. The fourth-order valence-corrected chi connectivity index (χ4v) is 2.16. The van der Waals surface area contributed by atoms with Crippen LogP contribution in [0.5, 0.6) is 0 Å². The van der Waals surface area contributed by atoms with Crippen LogP contribution in [0, 0.1) is 0 Å². The lowest BCUT2D eigenvalue weighted by Gasteiger charge is -2.30. The van der Waals surface area contributed by atoms with Gasteiger partial charge in [0.15, 0.2) is 0 Å². The highest BCUT2D eigenvalue weighted by Gasteiger charge is 2.31. The molecule has 0 radical (unpaired) electrons. The summed E-state index contributed by atoms with van der Waals surface area (Å²) in [7, 11) is 1.52. The van der Waals surface area contributed by atoms with Crippen LogP contribution in [-0.4, -0.2) is 31.0 Å². The summed E-state index contributed by atoms with van der Waals surface area (Å²) in [4.78, 5) is 0. The molecule has 0 saturated heterocycles. The number of hydrogen-bond donors (Lipinski definition) is 2. The van der Waals surface area contributed by atoms with Crippen molar-refractivity contribution in [3.05, 3.63) is 34.3 Å². The van der Waals surface area contributed by atoms with E-state index in [1.54, 1.807) is 0 Å². The molecule has 0 heterocycles. The van der Waals surface area contributed by atoms with E-state index in [2.05, 4.69) is 5.32 Å². The molecule has 21 heavy (non-hydrogen) atoms. The number of halogens is 4. The molecule has 1 atom stereocenters. The Bertz CT molecular complexity index is 460. The highest BCUT2D eigenvalue weighted by molar-refractivity contribution is 6.31. The van der Waals surface area contributed by atoms with Crippen molar-refractivity contribution in [1.82, 2.24) is 5.32 Å². The Hall–Kier alpha value is -0.820. The molecule has 3 nitrogen and oxygen atoms in total. The summed E-state index contributed by atoms with van der Waals surface area (Å²) >= 11 is 5.94. The van der Waals surface area contributed by atoms with Crippen molar-refractivity contribution in [1.29, 1.82) is 0 Å². The van der Waals surface area contributed by atoms with Crippen LogP contribution < -0.4 is 5.32 Å². The van der Waals surface area contributed by atoms with Gasteiger partial charge in [0.05, 0.1) is 12.2 Å². The second-order valence-electron chi connectivity index (χ2n) is 5.12. The van der Waals surface area contributed by atoms with Crippen LogP contribution in [0.1, 0.15) is 24.5 Å². The van der Waals surface area contributed by atoms with Gasteiger partial charge in [0.1, 0.15) is 0 Å². The fourth-order valence-electron chi connectivity index (χ4n) is 1.97. The zero-order valence-electron chi connectivity index (χ0n) is 11.9. The summed E-state index contributed by atoms with van der Waals surface area (Å²) in [5.41, 5.74) is -0.924. The van der Waals surface area contributed by atoms with Gasteiger partial charge in [-0.05, 0) is 37.1 Å². The maximum atomic E-state index is 12.7. The fraction of sp³-hybridized carbons (Fsp3) is 0.571. The molecule has 0 amide bonds. The Balaban J connectivity index is 2.87. The largest absolute Gasteiger partial charge is 0.416 e. The lowest BCUT2D eigenvalue weighted by molar-refractivity contribution is -0.137. The molecular weight excluding hydrogens is 307 g/mol. The molecule has 1 unspecified atom stereocenters. The van der Waals surface area contributed by atoms with Crippen molar-refractivity contribution >= 4 is 11.6 Å². The lowest BCUT2D eigenvalue weighted by atomic mass is 9.98. The lowest BCUT2D eigenvalue weighted by Crippen LogP contribution is -2.46. The van der Waals surface area contributed by atoms with Gasteiger partial charge < -0.3 is 15.2 Å². The van der Waals surface area contributed by atoms with E-state index in [0.717, 1.165) is 12.1 Å². The summed E-state index contributed by atoms with van der Waals surface area (Å²) in [6.45, 7) is 2.25. The quantitative estimate of drug-likeness (QED) is 0.808. The monoisotopic (exact) mass is 325 g/mol. The molecule has 0 aliphatic rings. The maximum Gasteiger partial charge on any atom is 0.416 e. The van der Waals surface area contributed by atoms with Crippen molar-refractivity contribution in [3.63, 3.8) is 0 Å². The van der Waals surface area contributed by atoms with Crippen molar-refractivity contribution < 1.29 is 23.0 Å². The first kappa shape index (κ1) is 18.2. The van der Waals surface area contributed by atoms with Gasteiger partial charge in [0.2, 0.25) is 0 Å². The molecule has 1 aromatic rings. The summed E-state index contributed by atoms with van der Waals surface area (Å²) in [6, 6.07) is 3.22. The van der Waals surface area contributed by atoms with Gasteiger partial charge in [0.25, 0.3) is 0 Å². The van der Waals surface area contributed by atoms with E-state index < -0.39 is 17.3 Å². The SMILES string of the molecule is COCC(C)(CCO)NCc1cc(C(F)(F)F)ccc1Cl. The number of benzene rings is 1. The number of alkyl halides is 3. The third-order valence-corrected chi connectivity index (χ3v) is 3.57. The molecule has 7 heteroatoms. The predicted octanol–water partition coefficient (Wildman–Crippen LogP) is 3.24. The minimum absolute atomic E-state index is 0.0524. The molecule has 0 bridgehead atoms. The minimum Gasteiger partial charge on any atom is -0.396 e. The number of hydrogen-bond acceptors (Lipinski definition) is 3. The van der Waals surface area contributed by atoms with Crippen LogP contribution >= 0.6 is 11.6 Å². The highest BCUT2D eigenvalue weighted by Crippen LogP contribution is 2.31. The molecule has 120 valence electrons. The number of rotatable bonds is 7. The molecule has 2 N–H and O–H groups in total. The molecule has 1 rings (SSSR count). The maximum absolute atomic E-state index is 12.7. The zero-order chi connectivity index (χ0) is 16.1. The highest BCUT2D eigenvalue weighted by atomic mass is 35.5. The van der Waals surface area contributed by atoms with E-state index >= 15 is 0 Å². The van der Waals surface area contributed by atoms with Gasteiger partial charge >= 0.3 is 6.18 Å². The summed E-state index contributed by atoms with van der Waals surface area (Å²) in [6.07, 6.45) is -3.99. The molecule has 0 aromatic heterocycles. The average molecular weight is 326 g/mol. The molecule has 0 fully saturated rings. The Labute approximate surface area is 127 Å². The first-order valence-electron chi connectivity index (χ1n) is 6.42. The Morgan fingerprint density at radius 2 is 2.00 bits per heavy atom. The van der Waals surface area contributed by atoms with Gasteiger partial charge in [-0.3, -0.25) is 0 Å². The van der Waals surface area contributed by atoms with Crippen LogP contribution in [0.25, 0.3) is 0 Å². The van der Waals surface area contributed by atoms with Crippen LogP contribution in [-0.2, 0) is 17.5 Å². The smallest absolute Gasteiger partial charge is 0.396 e. The van der Waals surface area contributed by atoms with Gasteiger partial charge in [0, 0.05) is 30.8 Å². The van der Waals surface area contributed by atoms with E-state index in [0.29, 0.717) is 18.6 Å². The van der Waals surface area contributed by atoms with Gasteiger partial charge in [-0.25, -0.2) is 0 Å². The third kappa shape index (κ3) is 5.47. The van der Waals surface area contributed by atoms with Crippen LogP contribution in [0.15, 0.2) is 18.2 Å². The standard InChI is InChI=1S/C14H19ClF3NO2/c1-13(5-6-20,9-21-2)19-8-10-7-11(14(16,17)18)3-4-12(10)15/h3-4,7,19-20H,5-6,8-9H2,1-2H3. The van der Waals surface area contributed by atoms with Gasteiger partial charge in [-0.15, -0.1) is 0 Å². The van der Waals surface area contributed by atoms with Crippen molar-refractivity contribution in [2.24, 2.45) is 0 Å². The summed E-state index contributed by atoms with van der Waals surface area (Å²) < 4.78 is 43.2. The molecule has 0 aliphatic carbocycles. The topological polar surface area (TPSA) is 41.5 Å². The molecule has 0 saturated carbocycles. The van der Waals surface area contributed by atoms with E-state index in [9.17, 15) is 13.2 Å². The first-order chi connectivity index (χ1) is 9.72. The number of aliphatic hydroxyl groups excluding tert-OH is 1. The second-order valence-corrected chi connectivity index (χ2v) is 5.53. The predicted molar refractivity (Wildman–Crippen MR) is 75.3 cm³/mol. The number of methoxy groups -OCH3 is 1. The van der Waals surface area contributed by atoms with Crippen LogP contribution in [0.4, 0.5) is 13.2 Å². The van der Waals surface area contributed by atoms with Crippen LogP contribution in [0.3, 0.4) is 0 Å². The Morgan fingerprint density at radius 3 is 2.52 bits per heavy atom. The van der Waals surface area contributed by atoms with Crippen molar-refractivity contribution in [3.8, 4) is 0 Å². The van der Waals surface area contributed by atoms with Crippen molar-refractivity contribution in [2.45, 2.75) is 31.6 Å². The second kappa shape index (κ2) is 7.45. The summed E-state index contributed by atoms with van der Waals surface area (Å²) in [5.74, 6) is 0. The van der Waals surface area contributed by atoms with E-state index in [-0.39, 0.29) is 18.2 Å². The zero-order valence-corrected chi connectivity index (χ0v) is 12.7. The van der Waals surface area contributed by atoms with Gasteiger partial charge in [-0.2, -0.15) is 13.2 Å². The average Bonchev–Trinajstić information content (AvgIpc) is 2.37. The van der Waals surface area contributed by atoms with Gasteiger partial charge in [-0.1, -0.05) is 11.6 Å². The minimum atomic E-state index is -4.40. The molecular formula is C14H19ClF3NO2. The normalized spacial score (nSPS) is 15.0.